The molecule has 1 saturated heterocycles. The minimum absolute atomic E-state index is 0.119. The summed E-state index contributed by atoms with van der Waals surface area (Å²) in [7, 11) is 0. The molecule has 1 saturated carbocycles. The van der Waals surface area contributed by atoms with Gasteiger partial charge in [0.25, 0.3) is 0 Å². The van der Waals surface area contributed by atoms with E-state index in [1.807, 2.05) is 0 Å². The van der Waals surface area contributed by atoms with Crippen LogP contribution in [0, 0.1) is 5.92 Å². The van der Waals surface area contributed by atoms with Crippen LogP contribution in [0.2, 0.25) is 0 Å². The number of allylic oxidation sites excluding steroid dienone is 1. The third kappa shape index (κ3) is 3.04. The number of alkyl halides is 5. The summed E-state index contributed by atoms with van der Waals surface area (Å²) in [5.74, 6) is -3.85. The minimum atomic E-state index is -3.00. The molecule has 10 heteroatoms. The molecule has 1 heterocycles. The van der Waals surface area contributed by atoms with E-state index in [9.17, 15) is 32.0 Å². The molecule has 4 nitrogen and oxygen atoms in total. The molecule has 1 radical (unpaired) electrons. The second-order valence-electron chi connectivity index (χ2n) is 7.34. The fourth-order valence-corrected chi connectivity index (χ4v) is 3.70. The van der Waals surface area contributed by atoms with Gasteiger partial charge in [-0.2, -0.15) is 0 Å². The lowest BCUT2D eigenvalue weighted by atomic mass is 9.79. The van der Waals surface area contributed by atoms with Gasteiger partial charge >= 0.3 is 0 Å². The molecule has 0 spiro atoms. The number of hydroxylamine groups is 2. The average Bonchev–Trinajstić information content (AvgIpc) is 2.70. The van der Waals surface area contributed by atoms with Gasteiger partial charge in [-0.3, -0.25) is 4.79 Å². The van der Waals surface area contributed by atoms with Crippen molar-refractivity contribution in [2.75, 3.05) is 0 Å². The quantitative estimate of drug-likeness (QED) is 0.583. The first kappa shape index (κ1) is 20.4. The third-order valence-electron chi connectivity index (χ3n) is 4.70. The van der Waals surface area contributed by atoms with Gasteiger partial charge in [-0.15, -0.1) is 10.3 Å². The first-order valence-electron chi connectivity index (χ1n) is 7.65. The monoisotopic (exact) mass is 389 g/mol. The van der Waals surface area contributed by atoms with Gasteiger partial charge in [-0.1, -0.05) is 11.6 Å². The number of hydrogen-bond acceptors (Lipinski definition) is 3. The normalized spacial score (nSPS) is 42.8. The van der Waals surface area contributed by atoms with E-state index in [-0.39, 0.29) is 5.70 Å². The van der Waals surface area contributed by atoms with E-state index < -0.39 is 58.8 Å². The molecule has 2 fully saturated rings. The fourth-order valence-electron chi connectivity index (χ4n) is 3.29. The van der Waals surface area contributed by atoms with Crippen LogP contribution in [0.3, 0.4) is 0 Å². The number of halogens is 6. The van der Waals surface area contributed by atoms with Crippen molar-refractivity contribution in [2.24, 2.45) is 5.92 Å². The molecule has 4 atom stereocenters. The molecule has 0 bridgehead atoms. The smallest absolute Gasteiger partial charge is 0.185 e. The third-order valence-corrected chi connectivity index (χ3v) is 5.07. The lowest BCUT2D eigenvalue weighted by molar-refractivity contribution is -0.243. The Balaban J connectivity index is 2.43. The SMILES string of the molecule is CC1(C)N/C(=C(/Cl)C(=O)C2C(F)C(F)C(F)C(F)C2F)C(C)(C)N1[O]. The predicted octanol–water partition coefficient (Wildman–Crippen LogP) is 3.09. The maximum absolute atomic E-state index is 14.0. The van der Waals surface area contributed by atoms with Crippen molar-refractivity contribution in [3.05, 3.63) is 10.7 Å². The molecule has 0 aromatic rings. The second-order valence-corrected chi connectivity index (χ2v) is 7.72. The average molecular weight is 390 g/mol. The molecule has 1 aliphatic heterocycles. The number of carbonyl (C=O) groups excluding carboxylic acids is 1. The number of nitrogens with zero attached hydrogens (tertiary/aromatic N) is 1. The van der Waals surface area contributed by atoms with Crippen molar-refractivity contribution < 1.29 is 32.0 Å². The van der Waals surface area contributed by atoms with E-state index in [1.54, 1.807) is 0 Å². The van der Waals surface area contributed by atoms with E-state index in [4.69, 9.17) is 11.6 Å². The zero-order valence-electron chi connectivity index (χ0n) is 14.0. The van der Waals surface area contributed by atoms with Crippen LogP contribution in [-0.4, -0.2) is 52.9 Å². The fraction of sp³-hybridized carbons (Fsp3) is 0.800. The Hall–Kier alpha value is -0.930. The Kier molecular flexibility index (Phi) is 5.18. The highest BCUT2D eigenvalue weighted by Gasteiger charge is 2.58. The number of carbonyl (C=O) groups is 1. The van der Waals surface area contributed by atoms with E-state index >= 15 is 0 Å². The molecule has 1 aliphatic carbocycles. The van der Waals surface area contributed by atoms with E-state index in [0.717, 1.165) is 0 Å². The van der Waals surface area contributed by atoms with Crippen molar-refractivity contribution in [1.82, 2.24) is 10.4 Å². The molecular weight excluding hydrogens is 371 g/mol. The summed E-state index contributed by atoms with van der Waals surface area (Å²) < 4.78 is 68.4. The van der Waals surface area contributed by atoms with Gasteiger partial charge in [-0.25, -0.2) is 22.0 Å². The predicted molar refractivity (Wildman–Crippen MR) is 79.7 cm³/mol. The zero-order chi connectivity index (χ0) is 19.5. The molecule has 143 valence electrons. The molecule has 4 unspecified atom stereocenters. The van der Waals surface area contributed by atoms with Gasteiger partial charge in [-0.05, 0) is 27.7 Å². The molecule has 25 heavy (non-hydrogen) atoms. The van der Waals surface area contributed by atoms with Gasteiger partial charge in [0.15, 0.2) is 24.3 Å². The molecule has 0 aromatic heterocycles. The molecule has 0 amide bonds. The Morgan fingerprint density at radius 1 is 0.960 bits per heavy atom. The van der Waals surface area contributed by atoms with E-state index in [1.165, 1.54) is 27.7 Å². The summed E-state index contributed by atoms with van der Waals surface area (Å²) in [6.07, 6.45) is -14.7. The van der Waals surface area contributed by atoms with Crippen LogP contribution in [0.25, 0.3) is 0 Å². The van der Waals surface area contributed by atoms with Crippen molar-refractivity contribution in [3.8, 4) is 0 Å². The van der Waals surface area contributed by atoms with Crippen LogP contribution in [0.4, 0.5) is 22.0 Å². The Morgan fingerprint density at radius 3 is 1.72 bits per heavy atom. The maximum atomic E-state index is 14.0. The Bertz CT molecular complexity index is 584. The van der Waals surface area contributed by atoms with Crippen LogP contribution in [0.15, 0.2) is 10.7 Å². The first-order valence-corrected chi connectivity index (χ1v) is 8.03. The summed E-state index contributed by atoms with van der Waals surface area (Å²) in [5.41, 5.74) is -2.65. The standard InChI is InChI=1S/C15H19ClF5N2O2/c1-14(2)13(22-15(3,4)23(14)25)6(16)12(24)5-7(17)9(19)11(21)10(20)8(5)18/h5,7-11,22H,1-4H3/b13-6+. The van der Waals surface area contributed by atoms with Crippen LogP contribution >= 0.6 is 11.6 Å². The summed E-state index contributed by atoms with van der Waals surface area (Å²) in [6.45, 7) is 5.81. The summed E-state index contributed by atoms with van der Waals surface area (Å²) in [6, 6.07) is 0. The number of nitrogens with one attached hydrogen (secondary N) is 1. The second kappa shape index (κ2) is 6.35. The van der Waals surface area contributed by atoms with Gasteiger partial charge in [0.05, 0.1) is 17.2 Å². The van der Waals surface area contributed by atoms with Crippen molar-refractivity contribution in [3.63, 3.8) is 0 Å². The molecular formula is C15H19ClF5N2O2. The molecule has 0 aromatic carbocycles. The number of Topliss-reactive ketones (excluding diaryl/α,β-unsaturated/α-hetero) is 1. The lowest BCUT2D eigenvalue weighted by Gasteiger charge is -2.35. The van der Waals surface area contributed by atoms with Crippen LogP contribution < -0.4 is 5.32 Å². The topological polar surface area (TPSA) is 52.2 Å². The van der Waals surface area contributed by atoms with Crippen LogP contribution in [-0.2, 0) is 10.0 Å². The number of rotatable bonds is 2. The number of hydrogen-bond donors (Lipinski definition) is 1. The summed E-state index contributed by atoms with van der Waals surface area (Å²) in [5, 5.41) is 14.8. The minimum Gasteiger partial charge on any atom is -0.366 e. The highest BCUT2D eigenvalue weighted by molar-refractivity contribution is 6.43. The van der Waals surface area contributed by atoms with Crippen molar-refractivity contribution in [2.45, 2.75) is 69.8 Å². The highest BCUT2D eigenvalue weighted by Crippen LogP contribution is 2.42. The largest absolute Gasteiger partial charge is 0.366 e. The van der Waals surface area contributed by atoms with E-state index in [0.29, 0.717) is 5.06 Å². The van der Waals surface area contributed by atoms with Gasteiger partial charge < -0.3 is 5.32 Å². The van der Waals surface area contributed by atoms with Gasteiger partial charge in [0, 0.05) is 0 Å². The summed E-state index contributed by atoms with van der Waals surface area (Å²) in [4.78, 5) is 12.4. The molecule has 2 rings (SSSR count). The molecule has 2 aliphatic rings. The van der Waals surface area contributed by atoms with Gasteiger partial charge in [0.2, 0.25) is 0 Å². The van der Waals surface area contributed by atoms with E-state index in [2.05, 4.69) is 5.32 Å². The Labute approximate surface area is 146 Å². The zero-order valence-corrected chi connectivity index (χ0v) is 14.8. The van der Waals surface area contributed by atoms with Crippen LogP contribution in [0.1, 0.15) is 27.7 Å². The molecule has 1 N–H and O–H groups in total. The summed E-state index contributed by atoms with van der Waals surface area (Å²) >= 11 is 5.94. The maximum Gasteiger partial charge on any atom is 0.185 e. The Morgan fingerprint density at radius 2 is 1.36 bits per heavy atom. The number of ketones is 1. The first-order chi connectivity index (χ1) is 11.2. The highest BCUT2D eigenvalue weighted by atomic mass is 35.5. The van der Waals surface area contributed by atoms with Crippen molar-refractivity contribution >= 4 is 17.4 Å². The lowest BCUT2D eigenvalue weighted by Crippen LogP contribution is -2.56. The van der Waals surface area contributed by atoms with Gasteiger partial charge in [0.1, 0.15) is 23.0 Å². The van der Waals surface area contributed by atoms with Crippen molar-refractivity contribution in [1.29, 1.82) is 0 Å². The van der Waals surface area contributed by atoms with Crippen LogP contribution in [0.5, 0.6) is 0 Å².